The van der Waals surface area contributed by atoms with Gasteiger partial charge in [0.1, 0.15) is 0 Å². The van der Waals surface area contributed by atoms with E-state index < -0.39 is 0 Å². The Bertz CT molecular complexity index is 550. The van der Waals surface area contributed by atoms with Gasteiger partial charge in [-0.1, -0.05) is 60.7 Å². The van der Waals surface area contributed by atoms with Crippen molar-refractivity contribution in [1.82, 2.24) is 5.43 Å². The van der Waals surface area contributed by atoms with Gasteiger partial charge >= 0.3 is 0 Å². The topological polar surface area (TPSA) is 47.3 Å². The predicted molar refractivity (Wildman–Crippen MR) is 84.7 cm³/mol. The van der Waals surface area contributed by atoms with E-state index in [4.69, 9.17) is 10.6 Å². The van der Waals surface area contributed by atoms with Gasteiger partial charge in [0.25, 0.3) is 0 Å². The molecule has 1 saturated heterocycles. The van der Waals surface area contributed by atoms with Crippen LogP contribution in [0.25, 0.3) is 0 Å². The van der Waals surface area contributed by atoms with Crippen molar-refractivity contribution in [3.8, 4) is 0 Å². The molecule has 1 aliphatic rings. The normalized spacial score (nSPS) is 19.1. The van der Waals surface area contributed by atoms with Crippen molar-refractivity contribution in [3.05, 3.63) is 71.8 Å². The Hall–Kier alpha value is -1.68. The van der Waals surface area contributed by atoms with Crippen molar-refractivity contribution in [2.24, 2.45) is 5.84 Å². The largest absolute Gasteiger partial charge is 0.381 e. The fraction of sp³-hybridized carbons (Fsp3) is 0.333. The number of nitrogens with one attached hydrogen (secondary N) is 1. The number of rotatable bonds is 4. The molecule has 2 aromatic rings. The summed E-state index contributed by atoms with van der Waals surface area (Å²) in [4.78, 5) is 0. The molecule has 0 saturated carbocycles. The van der Waals surface area contributed by atoms with Crippen LogP contribution in [0.2, 0.25) is 0 Å². The summed E-state index contributed by atoms with van der Waals surface area (Å²) < 4.78 is 5.61. The van der Waals surface area contributed by atoms with Crippen molar-refractivity contribution in [1.29, 1.82) is 0 Å². The van der Waals surface area contributed by atoms with Crippen LogP contribution >= 0.6 is 0 Å². The second-order valence-electron chi connectivity index (χ2n) is 5.64. The van der Waals surface area contributed by atoms with E-state index in [1.165, 1.54) is 11.1 Å². The zero-order valence-corrected chi connectivity index (χ0v) is 12.2. The lowest BCUT2D eigenvalue weighted by Gasteiger charge is -2.44. The first-order valence-corrected chi connectivity index (χ1v) is 7.51. The Kier molecular flexibility index (Phi) is 4.34. The number of hydrogen-bond donors (Lipinski definition) is 2. The molecule has 1 unspecified atom stereocenters. The van der Waals surface area contributed by atoms with Gasteiger partial charge in [-0.3, -0.25) is 11.3 Å². The second-order valence-corrected chi connectivity index (χ2v) is 5.64. The minimum absolute atomic E-state index is 0.0182. The van der Waals surface area contributed by atoms with Gasteiger partial charge in [-0.2, -0.15) is 0 Å². The van der Waals surface area contributed by atoms with Gasteiger partial charge in [0, 0.05) is 18.6 Å². The summed E-state index contributed by atoms with van der Waals surface area (Å²) in [5.41, 5.74) is 5.61. The first-order valence-electron chi connectivity index (χ1n) is 7.51. The molecule has 1 atom stereocenters. The maximum atomic E-state index is 5.97. The van der Waals surface area contributed by atoms with Crippen molar-refractivity contribution in [3.63, 3.8) is 0 Å². The third-order valence-corrected chi connectivity index (χ3v) is 4.59. The monoisotopic (exact) mass is 282 g/mol. The Labute approximate surface area is 126 Å². The van der Waals surface area contributed by atoms with E-state index in [2.05, 4.69) is 60.0 Å². The fourth-order valence-corrected chi connectivity index (χ4v) is 3.47. The Balaban J connectivity index is 2.06. The number of ether oxygens (including phenoxy) is 1. The average molecular weight is 282 g/mol. The standard InChI is InChI=1S/C18H22N2O/c19-20-17(15-7-3-1-4-8-15)18(11-13-21-14-12-18)16-9-5-2-6-10-16/h1-10,17,20H,11-14,19H2. The summed E-state index contributed by atoms with van der Waals surface area (Å²) in [5.74, 6) is 5.97. The van der Waals surface area contributed by atoms with Gasteiger partial charge in [0.05, 0.1) is 6.04 Å². The zero-order valence-electron chi connectivity index (χ0n) is 12.2. The van der Waals surface area contributed by atoms with Gasteiger partial charge in [-0.05, 0) is 24.0 Å². The third-order valence-electron chi connectivity index (χ3n) is 4.59. The lowest BCUT2D eigenvalue weighted by molar-refractivity contribution is 0.0340. The maximum Gasteiger partial charge on any atom is 0.0558 e. The molecular formula is C18H22N2O. The van der Waals surface area contributed by atoms with Crippen LogP contribution in [0.4, 0.5) is 0 Å². The van der Waals surface area contributed by atoms with E-state index in [9.17, 15) is 0 Å². The van der Waals surface area contributed by atoms with Crippen LogP contribution in [0.1, 0.15) is 30.0 Å². The second kappa shape index (κ2) is 6.39. The van der Waals surface area contributed by atoms with Gasteiger partial charge < -0.3 is 4.74 Å². The van der Waals surface area contributed by atoms with E-state index in [1.807, 2.05) is 6.07 Å². The number of benzene rings is 2. The van der Waals surface area contributed by atoms with E-state index in [-0.39, 0.29) is 11.5 Å². The Morgan fingerprint density at radius 1 is 0.905 bits per heavy atom. The van der Waals surface area contributed by atoms with Crippen molar-refractivity contribution in [2.45, 2.75) is 24.3 Å². The van der Waals surface area contributed by atoms with Crippen LogP contribution in [0, 0.1) is 0 Å². The highest BCUT2D eigenvalue weighted by atomic mass is 16.5. The average Bonchev–Trinajstić information content (AvgIpc) is 2.58. The quantitative estimate of drug-likeness (QED) is 0.669. The molecule has 3 N–H and O–H groups in total. The van der Waals surface area contributed by atoms with Crippen molar-refractivity contribution in [2.75, 3.05) is 13.2 Å². The summed E-state index contributed by atoms with van der Waals surface area (Å²) in [6.45, 7) is 1.56. The highest BCUT2D eigenvalue weighted by Crippen LogP contribution is 2.44. The molecule has 1 heterocycles. The molecule has 0 aliphatic carbocycles. The molecular weight excluding hydrogens is 260 g/mol. The zero-order chi connectivity index (χ0) is 14.5. The van der Waals surface area contributed by atoms with Crippen LogP contribution in [0.3, 0.4) is 0 Å². The fourth-order valence-electron chi connectivity index (χ4n) is 3.47. The minimum atomic E-state index is -0.0182. The minimum Gasteiger partial charge on any atom is -0.381 e. The van der Waals surface area contributed by atoms with Crippen LogP contribution in [0.5, 0.6) is 0 Å². The Morgan fingerprint density at radius 2 is 1.48 bits per heavy atom. The molecule has 0 bridgehead atoms. The summed E-state index contributed by atoms with van der Waals surface area (Å²) in [6.07, 6.45) is 1.95. The van der Waals surface area contributed by atoms with E-state index in [1.54, 1.807) is 0 Å². The van der Waals surface area contributed by atoms with Crippen molar-refractivity contribution >= 4 is 0 Å². The molecule has 0 radical (unpaired) electrons. The van der Waals surface area contributed by atoms with Crippen LogP contribution in [-0.2, 0) is 10.2 Å². The summed E-state index contributed by atoms with van der Waals surface area (Å²) >= 11 is 0. The lowest BCUT2D eigenvalue weighted by atomic mass is 9.67. The number of nitrogens with two attached hydrogens (primary N) is 1. The van der Waals surface area contributed by atoms with Crippen molar-refractivity contribution < 1.29 is 4.74 Å². The molecule has 1 fully saturated rings. The van der Waals surface area contributed by atoms with Crippen LogP contribution in [0.15, 0.2) is 60.7 Å². The van der Waals surface area contributed by atoms with E-state index in [0.29, 0.717) is 0 Å². The molecule has 2 aromatic carbocycles. The lowest BCUT2D eigenvalue weighted by Crippen LogP contribution is -2.47. The van der Waals surface area contributed by atoms with Gasteiger partial charge in [0.2, 0.25) is 0 Å². The first kappa shape index (κ1) is 14.3. The summed E-state index contributed by atoms with van der Waals surface area (Å²) in [5, 5.41) is 0. The van der Waals surface area contributed by atoms with E-state index in [0.717, 1.165) is 26.1 Å². The molecule has 3 nitrogen and oxygen atoms in total. The Morgan fingerprint density at radius 3 is 2.05 bits per heavy atom. The molecule has 0 amide bonds. The molecule has 3 rings (SSSR count). The third kappa shape index (κ3) is 2.72. The smallest absolute Gasteiger partial charge is 0.0558 e. The highest BCUT2D eigenvalue weighted by Gasteiger charge is 2.42. The van der Waals surface area contributed by atoms with Gasteiger partial charge in [-0.25, -0.2) is 0 Å². The molecule has 110 valence electrons. The van der Waals surface area contributed by atoms with Gasteiger partial charge in [-0.15, -0.1) is 0 Å². The SMILES string of the molecule is NNC(c1ccccc1)C1(c2ccccc2)CCOCC1. The molecule has 21 heavy (non-hydrogen) atoms. The van der Waals surface area contributed by atoms with Crippen LogP contribution < -0.4 is 11.3 Å². The number of hydrogen-bond acceptors (Lipinski definition) is 3. The number of hydrazine groups is 1. The summed E-state index contributed by atoms with van der Waals surface area (Å²) in [6, 6.07) is 21.2. The molecule has 0 spiro atoms. The van der Waals surface area contributed by atoms with Crippen LogP contribution in [-0.4, -0.2) is 13.2 Å². The molecule has 3 heteroatoms. The molecule has 0 aromatic heterocycles. The van der Waals surface area contributed by atoms with E-state index >= 15 is 0 Å². The molecule has 1 aliphatic heterocycles. The predicted octanol–water partition coefficient (Wildman–Crippen LogP) is 2.94. The first-order chi connectivity index (χ1) is 10.4. The highest BCUT2D eigenvalue weighted by molar-refractivity contribution is 5.34. The van der Waals surface area contributed by atoms with Gasteiger partial charge in [0.15, 0.2) is 0 Å². The maximum absolute atomic E-state index is 5.97. The summed E-state index contributed by atoms with van der Waals surface area (Å²) in [7, 11) is 0.